The van der Waals surface area contributed by atoms with Crippen LogP contribution < -0.4 is 5.32 Å². The van der Waals surface area contributed by atoms with Crippen LogP contribution in [-0.2, 0) is 14.3 Å². The summed E-state index contributed by atoms with van der Waals surface area (Å²) in [6.07, 6.45) is 85.7. The Morgan fingerprint density at radius 3 is 1.04 bits per heavy atom. The Hall–Kier alpha value is -2.44. The topological polar surface area (TPSA) is 95.9 Å². The van der Waals surface area contributed by atoms with E-state index >= 15 is 0 Å². The molecule has 3 N–H and O–H groups in total. The number of allylic oxidation sites excluding steroid dienone is 9. The second-order valence-electron chi connectivity index (χ2n) is 22.8. The molecule has 1 amide bonds. The first-order valence-electron chi connectivity index (χ1n) is 33.6. The van der Waals surface area contributed by atoms with Crippen molar-refractivity contribution < 1.29 is 24.5 Å². The molecule has 0 fully saturated rings. The van der Waals surface area contributed by atoms with E-state index in [4.69, 9.17) is 4.74 Å². The summed E-state index contributed by atoms with van der Waals surface area (Å²) in [5.74, 6) is -0.0691. The zero-order valence-electron chi connectivity index (χ0n) is 50.7. The fraction of sp³-hybridized carbons (Fsp3) is 0.829. The van der Waals surface area contributed by atoms with Crippen LogP contribution in [0.1, 0.15) is 348 Å². The molecule has 0 bridgehead atoms. The van der Waals surface area contributed by atoms with Crippen LogP contribution >= 0.6 is 0 Å². The van der Waals surface area contributed by atoms with Crippen LogP contribution in [0.2, 0.25) is 0 Å². The van der Waals surface area contributed by atoms with Crippen molar-refractivity contribution in [2.45, 2.75) is 360 Å². The van der Waals surface area contributed by atoms with Gasteiger partial charge in [0.2, 0.25) is 5.91 Å². The number of rotatable bonds is 62. The number of hydrogen-bond acceptors (Lipinski definition) is 5. The highest BCUT2D eigenvalue weighted by Crippen LogP contribution is 2.17. The Labute approximate surface area is 473 Å². The van der Waals surface area contributed by atoms with Crippen molar-refractivity contribution in [3.05, 3.63) is 60.8 Å². The van der Waals surface area contributed by atoms with Crippen LogP contribution in [0.4, 0.5) is 0 Å². The number of aliphatic hydroxyl groups is 2. The fourth-order valence-corrected chi connectivity index (χ4v) is 10.1. The van der Waals surface area contributed by atoms with Gasteiger partial charge >= 0.3 is 5.97 Å². The van der Waals surface area contributed by atoms with Crippen LogP contribution in [0.15, 0.2) is 60.8 Å². The lowest BCUT2D eigenvalue weighted by atomic mass is 10.0. The van der Waals surface area contributed by atoms with Gasteiger partial charge in [-0.3, -0.25) is 9.59 Å². The number of esters is 1. The van der Waals surface area contributed by atoms with E-state index in [1.165, 1.54) is 263 Å². The number of nitrogens with one attached hydrogen (secondary N) is 1. The molecule has 444 valence electrons. The van der Waals surface area contributed by atoms with Crippen molar-refractivity contribution in [2.75, 3.05) is 13.2 Å². The Balaban J connectivity index is 3.41. The molecular weight excluding hydrogens is 935 g/mol. The Kier molecular flexibility index (Phi) is 63.0. The van der Waals surface area contributed by atoms with Gasteiger partial charge in [-0.05, 0) is 89.9 Å². The third-order valence-electron chi connectivity index (χ3n) is 15.3. The molecule has 76 heavy (non-hydrogen) atoms. The highest BCUT2D eigenvalue weighted by Gasteiger charge is 2.18. The van der Waals surface area contributed by atoms with Crippen LogP contribution in [0.25, 0.3) is 0 Å². The molecule has 0 radical (unpaired) electrons. The minimum Gasteiger partial charge on any atom is -0.466 e. The van der Waals surface area contributed by atoms with Crippen LogP contribution in [0.3, 0.4) is 0 Å². The van der Waals surface area contributed by atoms with Gasteiger partial charge in [0.25, 0.3) is 0 Å². The molecule has 2 atom stereocenters. The summed E-state index contributed by atoms with van der Waals surface area (Å²) in [7, 11) is 0. The predicted octanol–water partition coefficient (Wildman–Crippen LogP) is 21.5. The average Bonchev–Trinajstić information content (AvgIpc) is 3.42. The van der Waals surface area contributed by atoms with Gasteiger partial charge in [-0.2, -0.15) is 0 Å². The van der Waals surface area contributed by atoms with Crippen molar-refractivity contribution in [2.24, 2.45) is 0 Å². The number of carbonyl (C=O) groups excluding carboxylic acids is 2. The lowest BCUT2D eigenvalue weighted by molar-refractivity contribution is -0.143. The third kappa shape index (κ3) is 60.8. The highest BCUT2D eigenvalue weighted by molar-refractivity contribution is 5.76. The maximum Gasteiger partial charge on any atom is 0.305 e. The molecule has 0 aliphatic carbocycles. The van der Waals surface area contributed by atoms with E-state index in [-0.39, 0.29) is 18.5 Å². The molecule has 0 aliphatic rings. The minimum atomic E-state index is -0.844. The first-order chi connectivity index (χ1) is 37.5. The number of aliphatic hydroxyl groups excluding tert-OH is 2. The van der Waals surface area contributed by atoms with Gasteiger partial charge in [-0.25, -0.2) is 0 Å². The van der Waals surface area contributed by atoms with E-state index in [0.717, 1.165) is 57.8 Å². The molecule has 0 aromatic heterocycles. The molecule has 0 aromatic rings. The van der Waals surface area contributed by atoms with Gasteiger partial charge in [0.15, 0.2) is 0 Å². The molecule has 0 aliphatic heterocycles. The monoisotopic (exact) mass is 1060 g/mol. The standard InChI is InChI=1S/C70H129NO5/c1-3-5-7-9-11-13-15-17-38-42-46-50-54-58-62-68(73)67(66-72)71-69(74)63-59-55-51-47-43-39-36-34-32-30-28-26-24-22-20-19-21-23-25-27-29-31-33-35-37-41-45-49-53-57-61-65-76-70(75)64-60-56-52-48-44-40-18-16-14-12-10-8-6-4-2/h10,12,16,18,21,23,27,29,58,62,67-68,72-73H,3-9,11,13-15,17,19-20,22,24-26,28,30-57,59-61,63-66H2,1-2H3,(H,71,74)/b12-10-,18-16-,23-21-,29-27-,62-58+. The van der Waals surface area contributed by atoms with Crippen molar-refractivity contribution >= 4 is 11.9 Å². The maximum absolute atomic E-state index is 12.5. The summed E-state index contributed by atoms with van der Waals surface area (Å²) < 4.78 is 5.47. The summed E-state index contributed by atoms with van der Waals surface area (Å²) in [6, 6.07) is -0.628. The highest BCUT2D eigenvalue weighted by atomic mass is 16.5. The smallest absolute Gasteiger partial charge is 0.305 e. The Morgan fingerprint density at radius 1 is 0.368 bits per heavy atom. The summed E-state index contributed by atoms with van der Waals surface area (Å²) in [5, 5.41) is 23.1. The number of ether oxygens (including phenoxy) is 1. The maximum atomic E-state index is 12.5. The van der Waals surface area contributed by atoms with Crippen molar-refractivity contribution in [1.29, 1.82) is 0 Å². The fourth-order valence-electron chi connectivity index (χ4n) is 10.1. The van der Waals surface area contributed by atoms with Gasteiger partial charge in [0.1, 0.15) is 0 Å². The largest absolute Gasteiger partial charge is 0.466 e. The summed E-state index contributed by atoms with van der Waals surface area (Å²) in [5.41, 5.74) is 0. The lowest BCUT2D eigenvalue weighted by Crippen LogP contribution is -2.45. The van der Waals surface area contributed by atoms with Crippen molar-refractivity contribution in [3.8, 4) is 0 Å². The normalized spacial score (nSPS) is 12.9. The summed E-state index contributed by atoms with van der Waals surface area (Å²) in [4.78, 5) is 24.5. The average molecular weight is 1060 g/mol. The minimum absolute atomic E-state index is 0.00221. The summed E-state index contributed by atoms with van der Waals surface area (Å²) in [6.45, 7) is 4.86. The lowest BCUT2D eigenvalue weighted by Gasteiger charge is -2.20. The molecule has 6 heteroatoms. The molecule has 0 saturated carbocycles. The van der Waals surface area contributed by atoms with Crippen LogP contribution in [0.5, 0.6) is 0 Å². The molecular formula is C70H129NO5. The first kappa shape index (κ1) is 73.6. The second-order valence-corrected chi connectivity index (χ2v) is 22.8. The van der Waals surface area contributed by atoms with Crippen molar-refractivity contribution in [3.63, 3.8) is 0 Å². The Bertz CT molecular complexity index is 1320. The van der Waals surface area contributed by atoms with Crippen molar-refractivity contribution in [1.82, 2.24) is 5.32 Å². The molecule has 0 heterocycles. The quantitative estimate of drug-likeness (QED) is 0.0320. The van der Waals surface area contributed by atoms with E-state index in [9.17, 15) is 19.8 Å². The zero-order valence-corrected chi connectivity index (χ0v) is 50.7. The molecule has 0 aromatic carbocycles. The predicted molar refractivity (Wildman–Crippen MR) is 333 cm³/mol. The van der Waals surface area contributed by atoms with E-state index < -0.39 is 12.1 Å². The van der Waals surface area contributed by atoms with Crippen LogP contribution in [-0.4, -0.2) is 47.4 Å². The summed E-state index contributed by atoms with van der Waals surface area (Å²) >= 11 is 0. The zero-order chi connectivity index (χ0) is 55.0. The number of hydrogen-bond donors (Lipinski definition) is 3. The van der Waals surface area contributed by atoms with Gasteiger partial charge in [-0.1, -0.05) is 306 Å². The van der Waals surface area contributed by atoms with Gasteiger partial charge in [0, 0.05) is 12.8 Å². The van der Waals surface area contributed by atoms with E-state index in [1.54, 1.807) is 6.08 Å². The van der Waals surface area contributed by atoms with E-state index in [2.05, 4.69) is 67.8 Å². The first-order valence-corrected chi connectivity index (χ1v) is 33.6. The van der Waals surface area contributed by atoms with Crippen LogP contribution in [0, 0.1) is 0 Å². The molecule has 0 spiro atoms. The molecule has 0 saturated heterocycles. The van der Waals surface area contributed by atoms with E-state index in [0.29, 0.717) is 19.4 Å². The Morgan fingerprint density at radius 2 is 0.671 bits per heavy atom. The van der Waals surface area contributed by atoms with Gasteiger partial charge < -0.3 is 20.3 Å². The SMILES string of the molecule is CCCC/C=C\C/C=C\CCCCCCCC(=O)OCCCCCCCCCCC/C=C\C/C=C\CCCCCCCCCCCCCCCCCC(=O)NC(CO)C(O)/C=C/CCCCCCCCCCCCCC. The number of amides is 1. The number of carbonyl (C=O) groups is 2. The second kappa shape index (κ2) is 65.1. The molecule has 0 rings (SSSR count). The van der Waals surface area contributed by atoms with Gasteiger partial charge in [-0.15, -0.1) is 0 Å². The number of unbranched alkanes of at least 4 members (excludes halogenated alkanes) is 43. The third-order valence-corrected chi connectivity index (χ3v) is 15.3. The molecule has 6 nitrogen and oxygen atoms in total. The van der Waals surface area contributed by atoms with Gasteiger partial charge in [0.05, 0.1) is 25.4 Å². The molecule has 2 unspecified atom stereocenters. The van der Waals surface area contributed by atoms with E-state index in [1.807, 2.05) is 6.08 Å².